The van der Waals surface area contributed by atoms with E-state index in [1.54, 1.807) is 10.7 Å². The molecule has 2 aromatic carbocycles. The Balaban J connectivity index is 1.56. The third kappa shape index (κ3) is 3.03. The number of imidazole rings is 1. The number of nitrogens with zero attached hydrogens (tertiary/aromatic N) is 3. The maximum atomic E-state index is 6.25. The van der Waals surface area contributed by atoms with Crippen molar-refractivity contribution >= 4 is 16.6 Å². The number of nitrogens with two attached hydrogens (primary N) is 1. The molecule has 0 saturated carbocycles. The van der Waals surface area contributed by atoms with Gasteiger partial charge in [0.1, 0.15) is 16.9 Å². The third-order valence-electron chi connectivity index (χ3n) is 5.12. The van der Waals surface area contributed by atoms with Crippen LogP contribution >= 0.6 is 0 Å². The van der Waals surface area contributed by atoms with Crippen LogP contribution in [0.1, 0.15) is 12.5 Å². The average Bonchev–Trinajstić information content (AvgIpc) is 3.37. The van der Waals surface area contributed by atoms with E-state index in [-0.39, 0.29) is 0 Å². The topological polar surface area (TPSA) is 78.6 Å². The largest absolute Gasteiger partial charge is 0.464 e. The summed E-state index contributed by atoms with van der Waals surface area (Å²) in [6.45, 7) is 2.28. The third-order valence-corrected chi connectivity index (χ3v) is 5.12. The first kappa shape index (κ1) is 17.5. The molecule has 3 heterocycles. The van der Waals surface area contributed by atoms with Gasteiger partial charge in [0.25, 0.3) is 0 Å². The van der Waals surface area contributed by atoms with Gasteiger partial charge in [-0.25, -0.2) is 9.50 Å². The summed E-state index contributed by atoms with van der Waals surface area (Å²) in [6, 6.07) is 23.5. The van der Waals surface area contributed by atoms with E-state index in [1.165, 1.54) is 0 Å². The van der Waals surface area contributed by atoms with Gasteiger partial charge in [-0.1, -0.05) is 48.5 Å². The van der Waals surface area contributed by atoms with Gasteiger partial charge in [-0.15, -0.1) is 5.10 Å². The van der Waals surface area contributed by atoms with Crippen LogP contribution in [0.4, 0.5) is 0 Å². The number of fused-ring (bicyclic) bond motifs is 2. The van der Waals surface area contributed by atoms with Crippen molar-refractivity contribution in [1.82, 2.24) is 14.6 Å². The highest BCUT2D eigenvalue weighted by Crippen LogP contribution is 2.30. The van der Waals surface area contributed by atoms with Crippen LogP contribution in [0.5, 0.6) is 5.88 Å². The maximum Gasteiger partial charge on any atom is 0.232 e. The molecule has 0 radical (unpaired) electrons. The van der Waals surface area contributed by atoms with Crippen molar-refractivity contribution in [3.63, 3.8) is 0 Å². The lowest BCUT2D eigenvalue weighted by Gasteiger charge is -2.29. The second-order valence-electron chi connectivity index (χ2n) is 7.14. The summed E-state index contributed by atoms with van der Waals surface area (Å²) in [5.41, 5.74) is 8.65. The van der Waals surface area contributed by atoms with E-state index < -0.39 is 5.60 Å². The van der Waals surface area contributed by atoms with Crippen molar-refractivity contribution in [2.24, 2.45) is 5.73 Å². The highest BCUT2D eigenvalue weighted by Gasteiger charge is 2.28. The van der Waals surface area contributed by atoms with Crippen molar-refractivity contribution in [3.05, 3.63) is 84.6 Å². The average molecular weight is 384 g/mol. The molecule has 0 spiro atoms. The van der Waals surface area contributed by atoms with E-state index in [9.17, 15) is 0 Å². The Labute approximate surface area is 167 Å². The molecule has 6 heteroatoms. The molecule has 2 N–H and O–H groups in total. The standard InChI is InChI=1S/C23H20N4O2/c1-23(15-24,17-8-3-2-4-9-17)29-22-12-11-21-25-14-18(27(21)26-22)20-13-16-7-5-6-10-19(16)28-20/h2-14H,15,24H2,1H3. The first-order chi connectivity index (χ1) is 14.2. The fraction of sp³-hybridized carbons (Fsp3) is 0.130. The fourth-order valence-corrected chi connectivity index (χ4v) is 3.43. The van der Waals surface area contributed by atoms with Gasteiger partial charge in [-0.3, -0.25) is 0 Å². The highest BCUT2D eigenvalue weighted by molar-refractivity contribution is 5.82. The molecule has 0 aliphatic carbocycles. The molecule has 1 unspecified atom stereocenters. The predicted octanol–water partition coefficient (Wildman–Crippen LogP) is 4.40. The van der Waals surface area contributed by atoms with Crippen LogP contribution in [0.3, 0.4) is 0 Å². The molecule has 5 aromatic rings. The molecule has 144 valence electrons. The lowest BCUT2D eigenvalue weighted by Crippen LogP contribution is -2.38. The number of rotatable bonds is 5. The second-order valence-corrected chi connectivity index (χ2v) is 7.14. The van der Waals surface area contributed by atoms with Crippen LogP contribution in [0.15, 0.2) is 83.4 Å². The van der Waals surface area contributed by atoms with Crippen molar-refractivity contribution in [3.8, 4) is 17.3 Å². The van der Waals surface area contributed by atoms with Crippen LogP contribution in [-0.4, -0.2) is 21.1 Å². The Hall–Kier alpha value is -3.64. The zero-order valence-corrected chi connectivity index (χ0v) is 15.9. The first-order valence-corrected chi connectivity index (χ1v) is 9.45. The Kier molecular flexibility index (Phi) is 4.07. The summed E-state index contributed by atoms with van der Waals surface area (Å²) in [5, 5.41) is 5.69. The monoisotopic (exact) mass is 384 g/mol. The summed E-state index contributed by atoms with van der Waals surface area (Å²) in [6.07, 6.45) is 1.75. The minimum Gasteiger partial charge on any atom is -0.464 e. The van der Waals surface area contributed by atoms with Crippen LogP contribution in [0.25, 0.3) is 28.1 Å². The quantitative estimate of drug-likeness (QED) is 0.486. The second kappa shape index (κ2) is 6.76. The fourth-order valence-electron chi connectivity index (χ4n) is 3.43. The zero-order chi connectivity index (χ0) is 19.8. The van der Waals surface area contributed by atoms with Gasteiger partial charge in [0, 0.05) is 18.0 Å². The number of hydrogen-bond acceptors (Lipinski definition) is 5. The van der Waals surface area contributed by atoms with Gasteiger partial charge in [0.05, 0.1) is 6.20 Å². The summed E-state index contributed by atoms with van der Waals surface area (Å²) in [5.74, 6) is 1.16. The van der Waals surface area contributed by atoms with Crippen molar-refractivity contribution in [2.75, 3.05) is 6.54 Å². The minimum atomic E-state index is -0.692. The summed E-state index contributed by atoms with van der Waals surface area (Å²) in [4.78, 5) is 4.44. The zero-order valence-electron chi connectivity index (χ0n) is 15.9. The number of aromatic nitrogens is 3. The van der Waals surface area contributed by atoms with Gasteiger partial charge < -0.3 is 14.9 Å². The maximum absolute atomic E-state index is 6.25. The first-order valence-electron chi connectivity index (χ1n) is 9.45. The van der Waals surface area contributed by atoms with Crippen LogP contribution < -0.4 is 10.5 Å². The molecule has 0 amide bonds. The Morgan fingerprint density at radius 2 is 1.83 bits per heavy atom. The minimum absolute atomic E-state index is 0.317. The summed E-state index contributed by atoms with van der Waals surface area (Å²) < 4.78 is 14.0. The predicted molar refractivity (Wildman–Crippen MR) is 112 cm³/mol. The number of hydrogen-bond donors (Lipinski definition) is 1. The molecule has 0 saturated heterocycles. The van der Waals surface area contributed by atoms with E-state index in [0.29, 0.717) is 23.8 Å². The summed E-state index contributed by atoms with van der Waals surface area (Å²) in [7, 11) is 0. The molecule has 0 aliphatic rings. The number of benzene rings is 2. The molecule has 6 nitrogen and oxygen atoms in total. The molecule has 0 fully saturated rings. The van der Waals surface area contributed by atoms with Crippen molar-refractivity contribution < 1.29 is 9.15 Å². The van der Waals surface area contributed by atoms with Crippen molar-refractivity contribution in [2.45, 2.75) is 12.5 Å². The van der Waals surface area contributed by atoms with Crippen molar-refractivity contribution in [1.29, 1.82) is 0 Å². The molecule has 29 heavy (non-hydrogen) atoms. The lowest BCUT2D eigenvalue weighted by molar-refractivity contribution is 0.0886. The lowest BCUT2D eigenvalue weighted by atomic mass is 9.96. The van der Waals surface area contributed by atoms with E-state index in [0.717, 1.165) is 22.2 Å². The molecule has 0 aliphatic heterocycles. The smallest absolute Gasteiger partial charge is 0.232 e. The molecule has 3 aromatic heterocycles. The number of furan rings is 1. The molecular formula is C23H20N4O2. The Morgan fingerprint density at radius 3 is 2.62 bits per heavy atom. The molecular weight excluding hydrogens is 364 g/mol. The van der Waals surface area contributed by atoms with Gasteiger partial charge in [0.15, 0.2) is 11.4 Å². The van der Waals surface area contributed by atoms with Crippen LogP contribution in [0.2, 0.25) is 0 Å². The van der Waals surface area contributed by atoms with E-state index in [4.69, 9.17) is 14.9 Å². The van der Waals surface area contributed by atoms with Gasteiger partial charge in [0.2, 0.25) is 5.88 Å². The highest BCUT2D eigenvalue weighted by atomic mass is 16.5. The van der Waals surface area contributed by atoms with Crippen LogP contribution in [-0.2, 0) is 5.60 Å². The van der Waals surface area contributed by atoms with E-state index in [1.807, 2.05) is 79.7 Å². The van der Waals surface area contributed by atoms with Crippen LogP contribution in [0, 0.1) is 0 Å². The molecule has 0 bridgehead atoms. The normalized spacial score (nSPS) is 13.6. The van der Waals surface area contributed by atoms with Gasteiger partial charge in [-0.2, -0.15) is 0 Å². The van der Waals surface area contributed by atoms with E-state index >= 15 is 0 Å². The number of ether oxygens (including phenoxy) is 1. The van der Waals surface area contributed by atoms with E-state index in [2.05, 4.69) is 10.1 Å². The Bertz CT molecular complexity index is 1260. The van der Waals surface area contributed by atoms with Gasteiger partial charge in [-0.05, 0) is 30.7 Å². The summed E-state index contributed by atoms with van der Waals surface area (Å²) >= 11 is 0. The molecule has 5 rings (SSSR count). The number of para-hydroxylation sites is 1. The molecule has 1 atom stereocenters. The SMILES string of the molecule is CC(CN)(Oc1ccc2ncc(-c3cc4ccccc4o3)n2n1)c1ccccc1. The van der Waals surface area contributed by atoms with Gasteiger partial charge >= 0.3 is 0 Å². The Morgan fingerprint density at radius 1 is 1.03 bits per heavy atom.